The van der Waals surface area contributed by atoms with Crippen LogP contribution in [0.3, 0.4) is 0 Å². The van der Waals surface area contributed by atoms with Crippen LogP contribution in [0.2, 0.25) is 5.02 Å². The van der Waals surface area contributed by atoms with E-state index in [0.29, 0.717) is 24.6 Å². The molecule has 2 aromatic carbocycles. The predicted molar refractivity (Wildman–Crippen MR) is 107 cm³/mol. The molecule has 3 rings (SSSR count). The van der Waals surface area contributed by atoms with Crippen molar-refractivity contribution < 1.29 is 17.9 Å². The Kier molecular flexibility index (Phi) is 5.88. The molecule has 0 aromatic heterocycles. The van der Waals surface area contributed by atoms with Gasteiger partial charge < -0.3 is 15.0 Å². The summed E-state index contributed by atoms with van der Waals surface area (Å²) in [5.41, 5.74) is 2.28. The molecule has 1 heterocycles. The number of morpholine rings is 1. The number of anilines is 3. The first kappa shape index (κ1) is 19.5. The lowest BCUT2D eigenvalue weighted by atomic mass is 10.2. The van der Waals surface area contributed by atoms with Gasteiger partial charge in [0.25, 0.3) is 5.91 Å². The van der Waals surface area contributed by atoms with Crippen molar-refractivity contribution in [2.24, 2.45) is 0 Å². The zero-order valence-electron chi connectivity index (χ0n) is 14.7. The van der Waals surface area contributed by atoms with E-state index < -0.39 is 10.0 Å². The highest BCUT2D eigenvalue weighted by atomic mass is 35.5. The zero-order valence-corrected chi connectivity index (χ0v) is 16.3. The van der Waals surface area contributed by atoms with E-state index in [9.17, 15) is 13.2 Å². The number of hydrogen-bond donors (Lipinski definition) is 2. The van der Waals surface area contributed by atoms with Crippen LogP contribution in [-0.4, -0.2) is 46.9 Å². The first-order valence-corrected chi connectivity index (χ1v) is 10.6. The fourth-order valence-electron chi connectivity index (χ4n) is 2.75. The van der Waals surface area contributed by atoms with Gasteiger partial charge in [0.05, 0.1) is 30.1 Å². The Morgan fingerprint density at radius 2 is 1.70 bits per heavy atom. The molecule has 1 aliphatic rings. The molecule has 27 heavy (non-hydrogen) atoms. The molecular weight excluding hydrogens is 390 g/mol. The molecule has 144 valence electrons. The van der Waals surface area contributed by atoms with Gasteiger partial charge in [0.1, 0.15) is 0 Å². The van der Waals surface area contributed by atoms with Crippen molar-refractivity contribution in [1.82, 2.24) is 0 Å². The molecule has 0 bridgehead atoms. The minimum Gasteiger partial charge on any atom is -0.378 e. The number of benzene rings is 2. The first-order chi connectivity index (χ1) is 12.8. The van der Waals surface area contributed by atoms with Crippen LogP contribution in [0.25, 0.3) is 0 Å². The third kappa shape index (κ3) is 5.35. The number of ether oxygens (including phenoxy) is 1. The van der Waals surface area contributed by atoms with Gasteiger partial charge in [0.15, 0.2) is 0 Å². The lowest BCUT2D eigenvalue weighted by molar-refractivity contribution is 0.102. The van der Waals surface area contributed by atoms with Gasteiger partial charge >= 0.3 is 0 Å². The molecule has 2 N–H and O–H groups in total. The van der Waals surface area contributed by atoms with Gasteiger partial charge in [-0.05, 0) is 42.5 Å². The third-order valence-corrected chi connectivity index (χ3v) is 4.94. The largest absolute Gasteiger partial charge is 0.378 e. The number of nitrogens with one attached hydrogen (secondary N) is 2. The van der Waals surface area contributed by atoms with E-state index in [1.807, 2.05) is 24.3 Å². The summed E-state index contributed by atoms with van der Waals surface area (Å²) in [7, 11) is -3.41. The maximum absolute atomic E-state index is 12.5. The van der Waals surface area contributed by atoms with E-state index in [1.165, 1.54) is 18.2 Å². The normalized spacial score (nSPS) is 14.7. The summed E-state index contributed by atoms with van der Waals surface area (Å²) in [4.78, 5) is 14.7. The summed E-state index contributed by atoms with van der Waals surface area (Å²) in [6.07, 6.45) is 1.04. The van der Waals surface area contributed by atoms with E-state index >= 15 is 0 Å². The molecule has 0 unspecified atom stereocenters. The molecule has 0 spiro atoms. The van der Waals surface area contributed by atoms with Gasteiger partial charge in [-0.15, -0.1) is 0 Å². The lowest BCUT2D eigenvalue weighted by Crippen LogP contribution is -2.36. The monoisotopic (exact) mass is 409 g/mol. The minimum atomic E-state index is -3.41. The van der Waals surface area contributed by atoms with Crippen molar-refractivity contribution >= 4 is 44.6 Å². The van der Waals surface area contributed by atoms with Gasteiger partial charge in [-0.3, -0.25) is 9.52 Å². The van der Waals surface area contributed by atoms with Gasteiger partial charge in [0, 0.05) is 30.2 Å². The summed E-state index contributed by atoms with van der Waals surface area (Å²) in [6, 6.07) is 11.9. The number of nitrogens with zero attached hydrogens (tertiary/aromatic N) is 1. The van der Waals surface area contributed by atoms with Crippen LogP contribution in [0, 0.1) is 0 Å². The van der Waals surface area contributed by atoms with E-state index in [1.54, 1.807) is 0 Å². The number of hydrogen-bond acceptors (Lipinski definition) is 5. The Hall–Kier alpha value is -2.29. The fraction of sp³-hybridized carbons (Fsp3) is 0.278. The van der Waals surface area contributed by atoms with E-state index in [0.717, 1.165) is 25.0 Å². The molecule has 9 heteroatoms. The molecule has 0 saturated carbocycles. The Morgan fingerprint density at radius 1 is 1.07 bits per heavy atom. The number of carbonyl (C=O) groups excluding carboxylic acids is 1. The van der Waals surface area contributed by atoms with Crippen LogP contribution >= 0.6 is 11.6 Å². The van der Waals surface area contributed by atoms with E-state index in [2.05, 4.69) is 14.9 Å². The van der Waals surface area contributed by atoms with Crippen LogP contribution in [0.1, 0.15) is 10.4 Å². The van der Waals surface area contributed by atoms with Crippen LogP contribution in [0.15, 0.2) is 42.5 Å². The van der Waals surface area contributed by atoms with Gasteiger partial charge in [0.2, 0.25) is 10.0 Å². The minimum absolute atomic E-state index is 0.158. The fourth-order valence-corrected chi connectivity index (χ4v) is 3.57. The van der Waals surface area contributed by atoms with Crippen molar-refractivity contribution in [3.8, 4) is 0 Å². The second-order valence-electron chi connectivity index (χ2n) is 6.17. The van der Waals surface area contributed by atoms with Crippen molar-refractivity contribution in [3.05, 3.63) is 53.1 Å². The summed E-state index contributed by atoms with van der Waals surface area (Å²) >= 11 is 6.13. The zero-order chi connectivity index (χ0) is 19.4. The number of halogens is 1. The van der Waals surface area contributed by atoms with Crippen molar-refractivity contribution in [2.45, 2.75) is 0 Å². The molecule has 0 atom stereocenters. The Balaban J connectivity index is 1.68. The van der Waals surface area contributed by atoms with Crippen LogP contribution in [0.5, 0.6) is 0 Å². The highest BCUT2D eigenvalue weighted by Gasteiger charge is 2.14. The van der Waals surface area contributed by atoms with E-state index in [4.69, 9.17) is 16.3 Å². The highest BCUT2D eigenvalue weighted by Crippen LogP contribution is 2.24. The molecule has 1 amide bonds. The van der Waals surface area contributed by atoms with Crippen molar-refractivity contribution in [1.29, 1.82) is 0 Å². The molecule has 1 fully saturated rings. The number of sulfonamides is 1. The van der Waals surface area contributed by atoms with Crippen LogP contribution in [0.4, 0.5) is 17.1 Å². The quantitative estimate of drug-likeness (QED) is 0.792. The predicted octanol–water partition coefficient (Wildman–Crippen LogP) is 2.80. The Bertz CT molecular complexity index is 926. The molecule has 1 aliphatic heterocycles. The standard InChI is InChI=1S/C18H20ClN3O4S/c1-27(24,25)21-14-4-7-16(17(19)12-14)18(23)20-13-2-5-15(6-3-13)22-8-10-26-11-9-22/h2-7,12,21H,8-11H2,1H3,(H,20,23). The molecule has 0 aliphatic carbocycles. The highest BCUT2D eigenvalue weighted by molar-refractivity contribution is 7.92. The van der Waals surface area contributed by atoms with Crippen LogP contribution < -0.4 is 14.9 Å². The molecule has 0 radical (unpaired) electrons. The Morgan fingerprint density at radius 3 is 2.30 bits per heavy atom. The lowest BCUT2D eigenvalue weighted by Gasteiger charge is -2.28. The van der Waals surface area contributed by atoms with Gasteiger partial charge in [-0.25, -0.2) is 8.42 Å². The number of carbonyl (C=O) groups is 1. The van der Waals surface area contributed by atoms with Crippen LogP contribution in [-0.2, 0) is 14.8 Å². The third-order valence-electron chi connectivity index (χ3n) is 4.02. The maximum Gasteiger partial charge on any atom is 0.257 e. The summed E-state index contributed by atoms with van der Waals surface area (Å²) < 4.78 is 30.2. The number of rotatable bonds is 5. The topological polar surface area (TPSA) is 87.7 Å². The molecule has 2 aromatic rings. The average Bonchev–Trinajstić information content (AvgIpc) is 2.61. The summed E-state index contributed by atoms with van der Waals surface area (Å²) in [6.45, 7) is 3.10. The first-order valence-electron chi connectivity index (χ1n) is 8.33. The van der Waals surface area contributed by atoms with Gasteiger partial charge in [-0.1, -0.05) is 11.6 Å². The average molecular weight is 410 g/mol. The van der Waals surface area contributed by atoms with E-state index in [-0.39, 0.29) is 16.5 Å². The molecular formula is C18H20ClN3O4S. The second kappa shape index (κ2) is 8.16. The maximum atomic E-state index is 12.5. The SMILES string of the molecule is CS(=O)(=O)Nc1ccc(C(=O)Nc2ccc(N3CCOCC3)cc2)c(Cl)c1. The van der Waals surface area contributed by atoms with Gasteiger partial charge in [-0.2, -0.15) is 0 Å². The van der Waals surface area contributed by atoms with Crippen molar-refractivity contribution in [2.75, 3.05) is 47.5 Å². The smallest absolute Gasteiger partial charge is 0.257 e. The number of amides is 1. The summed E-state index contributed by atoms with van der Waals surface area (Å²) in [5, 5.41) is 2.95. The second-order valence-corrected chi connectivity index (χ2v) is 8.32. The Labute approximate surface area is 163 Å². The molecule has 1 saturated heterocycles. The molecule has 7 nitrogen and oxygen atoms in total. The van der Waals surface area contributed by atoms with Crippen molar-refractivity contribution in [3.63, 3.8) is 0 Å². The summed E-state index contributed by atoms with van der Waals surface area (Å²) in [5.74, 6) is -0.370.